The minimum Gasteiger partial charge on any atom is -0.392 e. The average molecular weight is 214 g/mol. The van der Waals surface area contributed by atoms with Gasteiger partial charge >= 0.3 is 0 Å². The van der Waals surface area contributed by atoms with Crippen LogP contribution in [0.2, 0.25) is 0 Å². The van der Waals surface area contributed by atoms with Crippen molar-refractivity contribution in [2.45, 2.75) is 50.7 Å². The summed E-state index contributed by atoms with van der Waals surface area (Å²) in [6.45, 7) is 3.76. The highest BCUT2D eigenvalue weighted by atomic mass is 16.3. The first-order valence-corrected chi connectivity index (χ1v) is 6.17. The van der Waals surface area contributed by atoms with E-state index in [1.165, 1.54) is 25.7 Å². The molecule has 0 spiro atoms. The third-order valence-electron chi connectivity index (χ3n) is 3.79. The molecular weight excluding hydrogens is 188 g/mol. The fourth-order valence-electron chi connectivity index (χ4n) is 2.43. The van der Waals surface area contributed by atoms with Crippen LogP contribution in [0.5, 0.6) is 0 Å². The van der Waals surface area contributed by atoms with Gasteiger partial charge in [0.2, 0.25) is 0 Å². The SMILES string of the molecule is CCC(O)CNCC1(N(C)C)CCCC1. The van der Waals surface area contributed by atoms with E-state index in [9.17, 15) is 5.11 Å². The molecule has 1 aliphatic rings. The standard InChI is InChI=1S/C12H26N2O/c1-4-11(15)9-13-10-12(14(2)3)7-5-6-8-12/h11,13,15H,4-10H2,1-3H3. The lowest BCUT2D eigenvalue weighted by molar-refractivity contribution is 0.132. The molecule has 1 aliphatic carbocycles. The van der Waals surface area contributed by atoms with Crippen molar-refractivity contribution >= 4 is 0 Å². The van der Waals surface area contributed by atoms with Gasteiger partial charge in [0.15, 0.2) is 0 Å². The average Bonchev–Trinajstić information content (AvgIpc) is 2.67. The van der Waals surface area contributed by atoms with E-state index in [1.54, 1.807) is 0 Å². The Morgan fingerprint density at radius 3 is 2.40 bits per heavy atom. The van der Waals surface area contributed by atoms with Gasteiger partial charge in [0.25, 0.3) is 0 Å². The van der Waals surface area contributed by atoms with Gasteiger partial charge in [0.05, 0.1) is 6.10 Å². The molecule has 3 nitrogen and oxygen atoms in total. The number of nitrogens with one attached hydrogen (secondary N) is 1. The monoisotopic (exact) mass is 214 g/mol. The maximum Gasteiger partial charge on any atom is 0.0662 e. The molecule has 1 fully saturated rings. The molecule has 15 heavy (non-hydrogen) atoms. The second-order valence-corrected chi connectivity index (χ2v) is 5.02. The molecule has 1 saturated carbocycles. The van der Waals surface area contributed by atoms with Crippen LogP contribution in [-0.2, 0) is 0 Å². The van der Waals surface area contributed by atoms with Crippen LogP contribution in [0.25, 0.3) is 0 Å². The van der Waals surface area contributed by atoms with Crippen LogP contribution in [0.1, 0.15) is 39.0 Å². The van der Waals surface area contributed by atoms with Crippen LogP contribution < -0.4 is 5.32 Å². The summed E-state index contributed by atoms with van der Waals surface area (Å²) in [4.78, 5) is 2.35. The summed E-state index contributed by atoms with van der Waals surface area (Å²) in [5.74, 6) is 0. The summed E-state index contributed by atoms with van der Waals surface area (Å²) in [5.41, 5.74) is 0.341. The van der Waals surface area contributed by atoms with Crippen LogP contribution in [0.15, 0.2) is 0 Å². The number of rotatable bonds is 6. The van der Waals surface area contributed by atoms with Crippen molar-refractivity contribution in [1.29, 1.82) is 0 Å². The van der Waals surface area contributed by atoms with Gasteiger partial charge in [0.1, 0.15) is 0 Å². The van der Waals surface area contributed by atoms with Gasteiger partial charge in [-0.15, -0.1) is 0 Å². The summed E-state index contributed by atoms with van der Waals surface area (Å²) >= 11 is 0. The van der Waals surface area contributed by atoms with Crippen molar-refractivity contribution in [3.63, 3.8) is 0 Å². The highest BCUT2D eigenvalue weighted by Gasteiger charge is 2.35. The van der Waals surface area contributed by atoms with Crippen LogP contribution in [0.4, 0.5) is 0 Å². The molecule has 0 bridgehead atoms. The molecule has 90 valence electrons. The Morgan fingerprint density at radius 1 is 1.33 bits per heavy atom. The summed E-state index contributed by atoms with van der Waals surface area (Å²) in [6, 6.07) is 0. The molecule has 1 unspecified atom stereocenters. The maximum atomic E-state index is 9.48. The molecule has 0 aromatic heterocycles. The smallest absolute Gasteiger partial charge is 0.0662 e. The zero-order chi connectivity index (χ0) is 11.3. The van der Waals surface area contributed by atoms with Crippen molar-refractivity contribution < 1.29 is 5.11 Å². The zero-order valence-electron chi connectivity index (χ0n) is 10.4. The summed E-state index contributed by atoms with van der Waals surface area (Å²) in [7, 11) is 4.34. The fraction of sp³-hybridized carbons (Fsp3) is 1.00. The molecule has 2 N–H and O–H groups in total. The van der Waals surface area contributed by atoms with Crippen molar-refractivity contribution in [3.05, 3.63) is 0 Å². The molecular formula is C12H26N2O. The molecule has 0 saturated heterocycles. The summed E-state index contributed by atoms with van der Waals surface area (Å²) < 4.78 is 0. The largest absolute Gasteiger partial charge is 0.392 e. The normalized spacial score (nSPS) is 22.2. The minimum atomic E-state index is -0.189. The third kappa shape index (κ3) is 3.44. The quantitative estimate of drug-likeness (QED) is 0.698. The Kier molecular flexibility index (Phi) is 5.03. The van der Waals surface area contributed by atoms with Gasteiger partial charge in [-0.05, 0) is 33.4 Å². The lowest BCUT2D eigenvalue weighted by Crippen LogP contribution is -2.50. The van der Waals surface area contributed by atoms with E-state index < -0.39 is 0 Å². The second-order valence-electron chi connectivity index (χ2n) is 5.02. The van der Waals surface area contributed by atoms with Gasteiger partial charge in [-0.1, -0.05) is 19.8 Å². The molecule has 3 heteroatoms. The zero-order valence-corrected chi connectivity index (χ0v) is 10.4. The molecule has 0 aromatic rings. The Bertz CT molecular complexity index is 176. The topological polar surface area (TPSA) is 35.5 Å². The van der Waals surface area contributed by atoms with Gasteiger partial charge < -0.3 is 15.3 Å². The van der Waals surface area contributed by atoms with Crippen LogP contribution >= 0.6 is 0 Å². The van der Waals surface area contributed by atoms with Crippen molar-refractivity contribution in [3.8, 4) is 0 Å². The number of aliphatic hydroxyl groups is 1. The molecule has 0 heterocycles. The second kappa shape index (κ2) is 5.83. The first-order chi connectivity index (χ1) is 7.10. The lowest BCUT2D eigenvalue weighted by Gasteiger charge is -2.36. The predicted molar refractivity (Wildman–Crippen MR) is 64.1 cm³/mol. The van der Waals surface area contributed by atoms with E-state index in [0.29, 0.717) is 5.54 Å². The predicted octanol–water partition coefficient (Wildman–Crippen LogP) is 1.22. The third-order valence-corrected chi connectivity index (χ3v) is 3.79. The Morgan fingerprint density at radius 2 is 1.93 bits per heavy atom. The Balaban J connectivity index is 2.33. The number of hydrogen-bond donors (Lipinski definition) is 2. The van der Waals surface area contributed by atoms with Gasteiger partial charge in [0, 0.05) is 18.6 Å². The van der Waals surface area contributed by atoms with Crippen molar-refractivity contribution in [2.24, 2.45) is 0 Å². The van der Waals surface area contributed by atoms with Crippen molar-refractivity contribution in [2.75, 3.05) is 27.2 Å². The first-order valence-electron chi connectivity index (χ1n) is 6.17. The Hall–Kier alpha value is -0.120. The van der Waals surface area contributed by atoms with Crippen molar-refractivity contribution in [1.82, 2.24) is 10.2 Å². The molecule has 0 radical (unpaired) electrons. The molecule has 0 aliphatic heterocycles. The summed E-state index contributed by atoms with van der Waals surface area (Å²) in [5, 5.41) is 12.9. The van der Waals surface area contributed by atoms with Gasteiger partial charge in [-0.3, -0.25) is 0 Å². The minimum absolute atomic E-state index is 0.189. The van der Waals surface area contributed by atoms with Gasteiger partial charge in [-0.25, -0.2) is 0 Å². The van der Waals surface area contributed by atoms with Crippen LogP contribution in [-0.4, -0.2) is 48.8 Å². The van der Waals surface area contributed by atoms with E-state index in [-0.39, 0.29) is 6.10 Å². The number of nitrogens with zero attached hydrogens (tertiary/aromatic N) is 1. The first kappa shape index (κ1) is 12.9. The number of likely N-dealkylation sites (N-methyl/N-ethyl adjacent to an activating group) is 1. The summed E-state index contributed by atoms with van der Waals surface area (Å²) in [6.07, 6.45) is 5.91. The number of aliphatic hydroxyl groups excluding tert-OH is 1. The fourth-order valence-corrected chi connectivity index (χ4v) is 2.43. The lowest BCUT2D eigenvalue weighted by atomic mass is 9.96. The molecule has 1 rings (SSSR count). The highest BCUT2D eigenvalue weighted by Crippen LogP contribution is 2.32. The number of hydrogen-bond acceptors (Lipinski definition) is 3. The molecule has 0 amide bonds. The van der Waals surface area contributed by atoms with Crippen LogP contribution in [0.3, 0.4) is 0 Å². The van der Waals surface area contributed by atoms with E-state index in [4.69, 9.17) is 0 Å². The maximum absolute atomic E-state index is 9.48. The molecule has 0 aromatic carbocycles. The van der Waals surface area contributed by atoms with E-state index in [1.807, 2.05) is 6.92 Å². The van der Waals surface area contributed by atoms with Crippen LogP contribution in [0, 0.1) is 0 Å². The highest BCUT2D eigenvalue weighted by molar-refractivity contribution is 4.94. The molecule has 1 atom stereocenters. The van der Waals surface area contributed by atoms with E-state index in [2.05, 4.69) is 24.3 Å². The van der Waals surface area contributed by atoms with E-state index in [0.717, 1.165) is 19.5 Å². The van der Waals surface area contributed by atoms with E-state index >= 15 is 0 Å². The van der Waals surface area contributed by atoms with Gasteiger partial charge in [-0.2, -0.15) is 0 Å². The Labute approximate surface area is 93.9 Å².